The molecule has 1 saturated carbocycles. The van der Waals surface area contributed by atoms with Crippen molar-refractivity contribution in [2.24, 2.45) is 11.7 Å². The van der Waals surface area contributed by atoms with Crippen LogP contribution in [-0.2, 0) is 4.74 Å². The van der Waals surface area contributed by atoms with Crippen molar-refractivity contribution >= 4 is 11.5 Å². The number of aryl methyl sites for hydroxylation is 1. The van der Waals surface area contributed by atoms with Crippen LogP contribution in [-0.4, -0.2) is 49.0 Å². The van der Waals surface area contributed by atoms with Crippen LogP contribution in [0.2, 0.25) is 0 Å². The smallest absolute Gasteiger partial charge is 0.383 e. The lowest BCUT2D eigenvalue weighted by Crippen LogP contribution is -2.52. The summed E-state index contributed by atoms with van der Waals surface area (Å²) < 4.78 is 44.2. The van der Waals surface area contributed by atoms with E-state index < -0.39 is 18.4 Å². The van der Waals surface area contributed by atoms with Gasteiger partial charge in [0.15, 0.2) is 6.10 Å². The molecule has 1 saturated heterocycles. The summed E-state index contributed by atoms with van der Waals surface area (Å²) in [4.78, 5) is 6.20. The fourth-order valence-electron chi connectivity index (χ4n) is 3.88. The van der Waals surface area contributed by atoms with Crippen LogP contribution in [0.3, 0.4) is 0 Å². The first-order chi connectivity index (χ1) is 12.7. The molecule has 0 bridgehead atoms. The summed E-state index contributed by atoms with van der Waals surface area (Å²) in [7, 11) is 0. The van der Waals surface area contributed by atoms with Gasteiger partial charge in [-0.2, -0.15) is 13.2 Å². The minimum Gasteiger partial charge on any atom is -0.383 e. The van der Waals surface area contributed by atoms with Crippen LogP contribution in [0.25, 0.3) is 0 Å². The first-order valence-electron chi connectivity index (χ1n) is 9.66. The molecule has 1 aliphatic heterocycles. The molecule has 0 aromatic carbocycles. The molecular formula is C19H29F3N4O. The van der Waals surface area contributed by atoms with E-state index in [-0.39, 0.29) is 6.54 Å². The highest BCUT2D eigenvalue weighted by molar-refractivity contribution is 5.54. The molecule has 2 fully saturated rings. The van der Waals surface area contributed by atoms with Crippen molar-refractivity contribution < 1.29 is 17.9 Å². The Morgan fingerprint density at radius 1 is 1.22 bits per heavy atom. The first kappa shape index (κ1) is 20.2. The monoisotopic (exact) mass is 386 g/mol. The summed E-state index contributed by atoms with van der Waals surface area (Å²) >= 11 is 0. The van der Waals surface area contributed by atoms with E-state index in [0.717, 1.165) is 43.6 Å². The van der Waals surface area contributed by atoms with Gasteiger partial charge in [0.25, 0.3) is 0 Å². The number of aromatic nitrogens is 1. The number of morpholine rings is 1. The lowest BCUT2D eigenvalue weighted by molar-refractivity contribution is -0.233. The Balaban J connectivity index is 1.62. The second-order valence-corrected chi connectivity index (χ2v) is 7.85. The van der Waals surface area contributed by atoms with Gasteiger partial charge < -0.3 is 20.7 Å². The zero-order chi connectivity index (χ0) is 19.6. The molecule has 27 heavy (non-hydrogen) atoms. The number of pyridine rings is 1. The largest absolute Gasteiger partial charge is 0.416 e. The Morgan fingerprint density at radius 2 is 1.93 bits per heavy atom. The maximum Gasteiger partial charge on any atom is 0.416 e. The third-order valence-electron chi connectivity index (χ3n) is 5.49. The standard InChI is InChI=1S/C19H29F3N4O/c1-12-10-26(11-17(27-12)19(20,21)22)18-8-7-16(13(2)25-18)24-9-14-3-5-15(23)6-4-14/h7-8,12,14-15,17,24H,3-6,9-11,23H2,1-2H3/t12-,14?,15?,17-/m0/s1. The molecule has 152 valence electrons. The molecule has 2 atom stereocenters. The maximum atomic E-state index is 13.1. The lowest BCUT2D eigenvalue weighted by atomic mass is 9.86. The van der Waals surface area contributed by atoms with Crippen LogP contribution in [0.15, 0.2) is 12.1 Å². The maximum absolute atomic E-state index is 13.1. The number of nitrogens with zero attached hydrogens (tertiary/aromatic N) is 2. The molecule has 2 aliphatic rings. The Kier molecular flexibility index (Phi) is 6.15. The molecule has 8 heteroatoms. The number of alkyl halides is 3. The Labute approximate surface area is 158 Å². The molecule has 0 amide bonds. The molecule has 1 aliphatic carbocycles. The zero-order valence-electron chi connectivity index (χ0n) is 15.9. The molecule has 5 nitrogen and oxygen atoms in total. The molecule has 1 aromatic heterocycles. The number of hydrogen-bond acceptors (Lipinski definition) is 5. The summed E-state index contributed by atoms with van der Waals surface area (Å²) in [6, 6.07) is 4.03. The fraction of sp³-hybridized carbons (Fsp3) is 0.737. The van der Waals surface area contributed by atoms with Crippen molar-refractivity contribution in [3.05, 3.63) is 17.8 Å². The van der Waals surface area contributed by atoms with Gasteiger partial charge in [0.2, 0.25) is 0 Å². The minimum atomic E-state index is -4.37. The summed E-state index contributed by atoms with van der Waals surface area (Å²) in [5, 5.41) is 3.44. The van der Waals surface area contributed by atoms with E-state index in [4.69, 9.17) is 10.5 Å². The molecule has 3 rings (SSSR count). The number of rotatable bonds is 4. The Bertz CT molecular complexity index is 632. The van der Waals surface area contributed by atoms with Crippen LogP contribution < -0.4 is 16.0 Å². The minimum absolute atomic E-state index is 0.227. The van der Waals surface area contributed by atoms with E-state index in [9.17, 15) is 13.2 Å². The normalized spacial score (nSPS) is 29.6. The van der Waals surface area contributed by atoms with Gasteiger partial charge in [-0.25, -0.2) is 4.98 Å². The topological polar surface area (TPSA) is 63.4 Å². The quantitative estimate of drug-likeness (QED) is 0.830. The average molecular weight is 386 g/mol. The van der Waals surface area contributed by atoms with Crippen molar-refractivity contribution in [2.45, 2.75) is 64.0 Å². The molecule has 0 spiro atoms. The van der Waals surface area contributed by atoms with Crippen molar-refractivity contribution in [1.29, 1.82) is 0 Å². The Morgan fingerprint density at radius 3 is 2.56 bits per heavy atom. The summed E-state index contributed by atoms with van der Waals surface area (Å²) in [6.07, 6.45) is -2.25. The van der Waals surface area contributed by atoms with E-state index in [1.807, 2.05) is 13.0 Å². The molecule has 0 radical (unpaired) electrons. The highest BCUT2D eigenvalue weighted by Gasteiger charge is 2.45. The van der Waals surface area contributed by atoms with Gasteiger partial charge in [-0.15, -0.1) is 0 Å². The van der Waals surface area contributed by atoms with Crippen LogP contribution >= 0.6 is 0 Å². The summed E-state index contributed by atoms with van der Waals surface area (Å²) in [5.74, 6) is 1.17. The van der Waals surface area contributed by atoms with Crippen molar-refractivity contribution in [2.75, 3.05) is 29.9 Å². The predicted molar refractivity (Wildman–Crippen MR) is 100 cm³/mol. The number of nitrogens with one attached hydrogen (secondary N) is 1. The van der Waals surface area contributed by atoms with Crippen molar-refractivity contribution in [3.8, 4) is 0 Å². The van der Waals surface area contributed by atoms with E-state index in [2.05, 4.69) is 10.3 Å². The third kappa shape index (κ3) is 5.25. The number of nitrogens with two attached hydrogens (primary N) is 1. The van der Waals surface area contributed by atoms with Crippen LogP contribution in [0, 0.1) is 12.8 Å². The van der Waals surface area contributed by atoms with E-state index in [1.165, 1.54) is 0 Å². The SMILES string of the molecule is Cc1nc(N2C[C@@H](C(F)(F)F)O[C@@H](C)C2)ccc1NCC1CCC(N)CC1. The number of halogens is 3. The Hall–Kier alpha value is -1.54. The molecular weight excluding hydrogens is 357 g/mol. The van der Waals surface area contributed by atoms with Crippen molar-refractivity contribution in [3.63, 3.8) is 0 Å². The van der Waals surface area contributed by atoms with Gasteiger partial charge in [0.1, 0.15) is 5.82 Å². The molecule has 2 heterocycles. The van der Waals surface area contributed by atoms with Gasteiger partial charge in [-0.05, 0) is 57.6 Å². The fourth-order valence-corrected chi connectivity index (χ4v) is 3.88. The molecule has 3 N–H and O–H groups in total. The lowest BCUT2D eigenvalue weighted by Gasteiger charge is -2.38. The van der Waals surface area contributed by atoms with Crippen LogP contribution in [0.5, 0.6) is 0 Å². The van der Waals surface area contributed by atoms with Gasteiger partial charge in [-0.1, -0.05) is 0 Å². The van der Waals surface area contributed by atoms with Crippen LogP contribution in [0.4, 0.5) is 24.7 Å². The highest BCUT2D eigenvalue weighted by Crippen LogP contribution is 2.30. The third-order valence-corrected chi connectivity index (χ3v) is 5.49. The van der Waals surface area contributed by atoms with Crippen molar-refractivity contribution in [1.82, 2.24) is 4.98 Å². The first-order valence-corrected chi connectivity index (χ1v) is 9.66. The summed E-state index contributed by atoms with van der Waals surface area (Å²) in [6.45, 7) is 4.58. The van der Waals surface area contributed by atoms with Gasteiger partial charge in [-0.3, -0.25) is 0 Å². The molecule has 1 aromatic rings. The number of anilines is 2. The van der Waals surface area contributed by atoms with E-state index in [0.29, 0.717) is 24.3 Å². The van der Waals surface area contributed by atoms with Gasteiger partial charge >= 0.3 is 6.18 Å². The van der Waals surface area contributed by atoms with Gasteiger partial charge in [0, 0.05) is 19.1 Å². The van der Waals surface area contributed by atoms with Gasteiger partial charge in [0.05, 0.1) is 24.0 Å². The second-order valence-electron chi connectivity index (χ2n) is 7.85. The molecule has 0 unspecified atom stereocenters. The number of ether oxygens (including phenoxy) is 1. The highest BCUT2D eigenvalue weighted by atomic mass is 19.4. The van der Waals surface area contributed by atoms with E-state index >= 15 is 0 Å². The second kappa shape index (κ2) is 8.22. The predicted octanol–water partition coefficient (Wildman–Crippen LogP) is 3.48. The summed E-state index contributed by atoms with van der Waals surface area (Å²) in [5.41, 5.74) is 7.67. The zero-order valence-corrected chi connectivity index (χ0v) is 15.9. The van der Waals surface area contributed by atoms with E-state index in [1.54, 1.807) is 17.9 Å². The average Bonchev–Trinajstić information content (AvgIpc) is 2.61. The van der Waals surface area contributed by atoms with Crippen LogP contribution in [0.1, 0.15) is 38.3 Å². The number of hydrogen-bond donors (Lipinski definition) is 2.